The number of alkyl halides is 15. The number of nitrogens with one attached hydrogen (secondary N) is 1. The number of amides is 1. The molecule has 0 saturated carbocycles. The second-order valence-electron chi connectivity index (χ2n) is 6.00. The SMILES string of the molecule is O=C(Nc1cccc(Cl)c1Cl)C(F)(F)C(F)(F)C(F)(F)C(F)(F)C(F)(F)C(F)(F)C(F)(F)Cl. The van der Waals surface area contributed by atoms with Crippen molar-refractivity contribution in [2.75, 3.05) is 5.32 Å². The molecule has 0 heterocycles. The third kappa shape index (κ3) is 4.26. The zero-order chi connectivity index (χ0) is 26.6. The van der Waals surface area contributed by atoms with Crippen LogP contribution in [0.4, 0.5) is 67.2 Å². The third-order valence-corrected chi connectivity index (χ3v) is 4.87. The lowest BCUT2D eigenvalue weighted by Gasteiger charge is -2.41. The fraction of sp³-hybridized carbons (Fsp3) is 0.500. The monoisotopic (exact) mass is 573 g/mol. The largest absolute Gasteiger partial charge is 0.393 e. The van der Waals surface area contributed by atoms with E-state index in [1.165, 1.54) is 0 Å². The number of carbonyl (C=O) groups is 1. The van der Waals surface area contributed by atoms with Gasteiger partial charge in [-0.25, -0.2) is 0 Å². The van der Waals surface area contributed by atoms with E-state index in [2.05, 4.69) is 11.6 Å². The van der Waals surface area contributed by atoms with Crippen LogP contribution in [0.15, 0.2) is 18.2 Å². The van der Waals surface area contributed by atoms with Crippen molar-refractivity contribution in [3.63, 3.8) is 0 Å². The highest BCUT2D eigenvalue weighted by atomic mass is 35.5. The molecule has 0 aliphatic heterocycles. The van der Waals surface area contributed by atoms with Gasteiger partial charge in [-0.15, -0.1) is 0 Å². The summed E-state index contributed by atoms with van der Waals surface area (Å²) in [6, 6.07) is 2.33. The van der Waals surface area contributed by atoms with Crippen molar-refractivity contribution in [2.45, 2.75) is 40.9 Å². The fourth-order valence-corrected chi connectivity index (χ4v) is 2.38. The van der Waals surface area contributed by atoms with Gasteiger partial charge in [-0.1, -0.05) is 29.3 Å². The molecule has 1 aromatic carbocycles. The van der Waals surface area contributed by atoms with E-state index in [9.17, 15) is 66.3 Å². The van der Waals surface area contributed by atoms with E-state index in [-0.39, 0.29) is 0 Å². The Morgan fingerprint density at radius 1 is 0.667 bits per heavy atom. The highest BCUT2D eigenvalue weighted by Gasteiger charge is 2.93. The first-order valence-electron chi connectivity index (χ1n) is 7.41. The summed E-state index contributed by atoms with van der Waals surface area (Å²) in [5.74, 6) is -50.9. The third-order valence-electron chi connectivity index (χ3n) is 3.81. The quantitative estimate of drug-likeness (QED) is 0.252. The van der Waals surface area contributed by atoms with Gasteiger partial charge in [0.15, 0.2) is 0 Å². The molecule has 0 aliphatic carbocycles. The van der Waals surface area contributed by atoms with Gasteiger partial charge in [-0.05, 0) is 23.7 Å². The van der Waals surface area contributed by atoms with Gasteiger partial charge in [0.1, 0.15) is 0 Å². The molecule has 1 aromatic rings. The molecule has 0 aliphatic rings. The molecule has 1 amide bonds. The van der Waals surface area contributed by atoms with E-state index >= 15 is 0 Å². The Labute approximate surface area is 187 Å². The van der Waals surface area contributed by atoms with Crippen LogP contribution in [0.3, 0.4) is 0 Å². The maximum Gasteiger partial charge on any atom is 0.393 e. The normalized spacial score (nSPS) is 14.9. The Kier molecular flexibility index (Phi) is 7.50. The molecule has 1 N–H and O–H groups in total. The van der Waals surface area contributed by atoms with Crippen molar-refractivity contribution in [3.05, 3.63) is 28.2 Å². The number of carbonyl (C=O) groups excluding carboxylic acids is 1. The van der Waals surface area contributed by atoms with Gasteiger partial charge in [0.2, 0.25) is 0 Å². The predicted octanol–water partition coefficient (Wildman–Crippen LogP) is 7.58. The molecule has 0 aromatic heterocycles. The van der Waals surface area contributed by atoms with Gasteiger partial charge < -0.3 is 5.32 Å². The van der Waals surface area contributed by atoms with Crippen LogP contribution in [0.5, 0.6) is 0 Å². The summed E-state index contributed by atoms with van der Waals surface area (Å²) in [4.78, 5) is 11.4. The van der Waals surface area contributed by atoms with Crippen LogP contribution >= 0.6 is 34.8 Å². The Morgan fingerprint density at radius 3 is 1.48 bits per heavy atom. The van der Waals surface area contributed by atoms with E-state index in [0.717, 1.165) is 17.4 Å². The predicted molar refractivity (Wildman–Crippen MR) is 85.6 cm³/mol. The Hall–Kier alpha value is -1.42. The molecule has 33 heavy (non-hydrogen) atoms. The summed E-state index contributed by atoms with van der Waals surface area (Å²) >= 11 is 14.3. The first-order valence-corrected chi connectivity index (χ1v) is 8.54. The number of benzene rings is 1. The van der Waals surface area contributed by atoms with Crippen LogP contribution in [-0.2, 0) is 4.79 Å². The number of anilines is 1. The standard InChI is InChI=1S/C14H4Cl3F14NO/c15-4-2-1-3-5(6(4)16)32-7(33)8(18,19)9(20,21)10(22,23)11(24,25)12(26,27)13(28,29)14(17,30)31/h1-3H,(H,32,33). The molecule has 0 unspecified atom stereocenters. The van der Waals surface area contributed by atoms with E-state index in [1.54, 1.807) is 0 Å². The second-order valence-corrected chi connectivity index (χ2v) is 7.26. The van der Waals surface area contributed by atoms with Crippen molar-refractivity contribution >= 4 is 46.4 Å². The first-order chi connectivity index (χ1) is 14.3. The Bertz CT molecular complexity index is 915. The van der Waals surface area contributed by atoms with Crippen molar-refractivity contribution in [3.8, 4) is 0 Å². The minimum absolute atomic E-state index is 0.537. The topological polar surface area (TPSA) is 29.1 Å². The first kappa shape index (κ1) is 29.6. The molecular formula is C14H4Cl3F14NO. The molecule has 190 valence electrons. The molecule has 1 rings (SSSR count). The molecule has 0 saturated heterocycles. The van der Waals surface area contributed by atoms with Crippen LogP contribution in [0.25, 0.3) is 0 Å². The Morgan fingerprint density at radius 2 is 1.06 bits per heavy atom. The molecule has 19 heteroatoms. The van der Waals surface area contributed by atoms with Crippen molar-refractivity contribution in [1.29, 1.82) is 0 Å². The summed E-state index contributed by atoms with van der Waals surface area (Å²) in [7, 11) is 0. The number of hydrogen-bond acceptors (Lipinski definition) is 1. The smallest absolute Gasteiger partial charge is 0.319 e. The van der Waals surface area contributed by atoms with Gasteiger partial charge >= 0.3 is 46.8 Å². The summed E-state index contributed by atoms with van der Waals surface area (Å²) in [5, 5.41) is -7.37. The number of hydrogen-bond donors (Lipinski definition) is 1. The van der Waals surface area contributed by atoms with Gasteiger partial charge in [0.05, 0.1) is 15.7 Å². The average molecular weight is 575 g/mol. The van der Waals surface area contributed by atoms with Crippen LogP contribution in [-0.4, -0.2) is 46.8 Å². The van der Waals surface area contributed by atoms with Gasteiger partial charge in [0, 0.05) is 0 Å². The van der Waals surface area contributed by atoms with E-state index < -0.39 is 62.6 Å². The summed E-state index contributed by atoms with van der Waals surface area (Å²) < 4.78 is 187. The highest BCUT2D eigenvalue weighted by molar-refractivity contribution is 6.44. The minimum Gasteiger partial charge on any atom is -0.319 e. The van der Waals surface area contributed by atoms with Crippen molar-refractivity contribution < 1.29 is 66.3 Å². The zero-order valence-electron chi connectivity index (χ0n) is 14.6. The Balaban J connectivity index is 3.53. The van der Waals surface area contributed by atoms with E-state index in [4.69, 9.17) is 23.2 Å². The van der Waals surface area contributed by atoms with Crippen LogP contribution in [0.1, 0.15) is 0 Å². The van der Waals surface area contributed by atoms with E-state index in [1.807, 2.05) is 0 Å². The second kappa shape index (κ2) is 8.36. The van der Waals surface area contributed by atoms with Crippen molar-refractivity contribution in [1.82, 2.24) is 0 Å². The van der Waals surface area contributed by atoms with E-state index in [0.29, 0.717) is 6.07 Å². The molecular weight excluding hydrogens is 570 g/mol. The molecule has 0 spiro atoms. The molecule has 0 fully saturated rings. The van der Waals surface area contributed by atoms with Crippen LogP contribution in [0.2, 0.25) is 10.0 Å². The highest BCUT2D eigenvalue weighted by Crippen LogP contribution is 2.62. The molecule has 0 radical (unpaired) electrons. The summed E-state index contributed by atoms with van der Waals surface area (Å²) in [6.07, 6.45) is 0. The lowest BCUT2D eigenvalue weighted by Crippen LogP contribution is -2.73. The van der Waals surface area contributed by atoms with Crippen molar-refractivity contribution in [2.24, 2.45) is 0 Å². The summed E-state index contributed by atoms with van der Waals surface area (Å²) in [5.41, 5.74) is -1.08. The van der Waals surface area contributed by atoms with Crippen LogP contribution in [0, 0.1) is 0 Å². The molecule has 0 bridgehead atoms. The fourth-order valence-electron chi connectivity index (χ4n) is 1.91. The molecule has 0 atom stereocenters. The maximum absolute atomic E-state index is 13.8. The van der Waals surface area contributed by atoms with Gasteiger partial charge in [0.25, 0.3) is 0 Å². The van der Waals surface area contributed by atoms with Gasteiger partial charge in [-0.2, -0.15) is 61.5 Å². The number of rotatable bonds is 8. The summed E-state index contributed by atoms with van der Waals surface area (Å²) in [6.45, 7) is 0. The zero-order valence-corrected chi connectivity index (χ0v) is 16.8. The average Bonchev–Trinajstić information content (AvgIpc) is 2.63. The lowest BCUT2D eigenvalue weighted by atomic mass is 9.91. The maximum atomic E-state index is 13.8. The van der Waals surface area contributed by atoms with Gasteiger partial charge in [-0.3, -0.25) is 4.79 Å². The minimum atomic E-state index is -8.33. The van der Waals surface area contributed by atoms with Crippen LogP contribution < -0.4 is 5.32 Å². The number of halogens is 17. The molecule has 2 nitrogen and oxygen atoms in total. The lowest BCUT2D eigenvalue weighted by molar-refractivity contribution is -0.431.